The van der Waals surface area contributed by atoms with Crippen molar-refractivity contribution in [2.75, 3.05) is 67.0 Å². The third-order valence-corrected chi connectivity index (χ3v) is 10.0. The number of hydrogen-bond donors (Lipinski definition) is 12. The number of methoxy groups -OCH3 is 2. The van der Waals surface area contributed by atoms with Crippen LogP contribution in [0.1, 0.15) is 19.3 Å². The Labute approximate surface area is 305 Å². The Morgan fingerprint density at radius 1 is 0.642 bits per heavy atom. The van der Waals surface area contributed by atoms with Gasteiger partial charge in [-0.15, -0.1) is 0 Å². The number of rotatable bonds is 28. The molecule has 16 atom stereocenters. The van der Waals surface area contributed by atoms with Crippen LogP contribution in [0.3, 0.4) is 0 Å². The fourth-order valence-corrected chi connectivity index (χ4v) is 6.79. The monoisotopic (exact) mass is 823 g/mol. The molecule has 2 aliphatic heterocycles. The average Bonchev–Trinajstić information content (AvgIpc) is 3.63. The van der Waals surface area contributed by atoms with Gasteiger partial charge in [-0.1, -0.05) is 0 Å². The van der Waals surface area contributed by atoms with Gasteiger partial charge < -0.3 is 89.9 Å². The van der Waals surface area contributed by atoms with Gasteiger partial charge in [0.25, 0.3) is 0 Å². The molecule has 0 radical (unpaired) electrons. The fraction of sp³-hybridized carbons (Fsp3) is 1.00. The Morgan fingerprint density at radius 2 is 1.11 bits per heavy atom. The van der Waals surface area contributed by atoms with E-state index in [1.54, 1.807) is 0 Å². The summed E-state index contributed by atoms with van der Waals surface area (Å²) in [6, 6.07) is 0. The second-order valence-corrected chi connectivity index (χ2v) is 14.9. The van der Waals surface area contributed by atoms with Crippen LogP contribution >= 0.6 is 15.6 Å². The SMILES string of the molecule is COC1C(OCC(O)C(O)C(O)COP(=O)(O)OC2C(CO)OC(OCC(O)C(O)C(O)COP(=O)(O)OCCCCCN)C2OC)OC(CO)C1O. The molecular formula is C27H55NO23P2. The Hall–Kier alpha value is -0.420. The van der Waals surface area contributed by atoms with Gasteiger partial charge in [0.15, 0.2) is 12.6 Å². The molecule has 0 aromatic rings. The van der Waals surface area contributed by atoms with E-state index in [1.165, 1.54) is 7.11 Å². The van der Waals surface area contributed by atoms with Crippen molar-refractivity contribution in [3.63, 3.8) is 0 Å². The quantitative estimate of drug-likeness (QED) is 0.0259. The maximum Gasteiger partial charge on any atom is 0.472 e. The number of ether oxygens (including phenoxy) is 6. The Morgan fingerprint density at radius 3 is 1.60 bits per heavy atom. The highest BCUT2D eigenvalue weighted by Gasteiger charge is 2.50. The van der Waals surface area contributed by atoms with E-state index in [0.29, 0.717) is 25.8 Å². The minimum atomic E-state index is -5.15. The summed E-state index contributed by atoms with van der Waals surface area (Å²) in [6.07, 6.45) is -20.2. The highest BCUT2D eigenvalue weighted by molar-refractivity contribution is 7.47. The molecule has 0 aliphatic carbocycles. The predicted octanol–water partition coefficient (Wildman–Crippen LogP) is -5.22. The molecule has 24 nitrogen and oxygen atoms in total. The molecule has 0 saturated carbocycles. The molecule has 2 saturated heterocycles. The van der Waals surface area contributed by atoms with Gasteiger partial charge in [0, 0.05) is 14.2 Å². The Bertz CT molecular complexity index is 1120. The first-order chi connectivity index (χ1) is 24.9. The zero-order valence-corrected chi connectivity index (χ0v) is 30.9. The van der Waals surface area contributed by atoms with Gasteiger partial charge >= 0.3 is 15.6 Å². The van der Waals surface area contributed by atoms with Crippen LogP contribution in [-0.4, -0.2) is 209 Å². The second kappa shape index (κ2) is 23.7. The van der Waals surface area contributed by atoms with Gasteiger partial charge in [-0.3, -0.25) is 18.1 Å². The maximum atomic E-state index is 12.8. The highest BCUT2D eigenvalue weighted by atomic mass is 31.2. The maximum absolute atomic E-state index is 12.8. The summed E-state index contributed by atoms with van der Waals surface area (Å²) in [5.41, 5.74) is 5.37. The molecule has 0 aromatic heterocycles. The van der Waals surface area contributed by atoms with Gasteiger partial charge in [-0.2, -0.15) is 0 Å². The van der Waals surface area contributed by atoms with E-state index in [-0.39, 0.29) is 6.61 Å². The molecule has 2 heterocycles. The van der Waals surface area contributed by atoms with Crippen LogP contribution in [0.5, 0.6) is 0 Å². The van der Waals surface area contributed by atoms with Crippen LogP contribution in [0.2, 0.25) is 0 Å². The number of unbranched alkanes of at least 4 members (excludes halogenated alkanes) is 2. The molecular weight excluding hydrogens is 768 g/mol. The van der Waals surface area contributed by atoms with E-state index in [1.807, 2.05) is 0 Å². The molecule has 0 spiro atoms. The molecule has 53 heavy (non-hydrogen) atoms. The molecule has 2 rings (SSSR count). The first-order valence-corrected chi connectivity index (χ1v) is 19.5. The van der Waals surface area contributed by atoms with Crippen molar-refractivity contribution in [1.82, 2.24) is 0 Å². The number of aliphatic hydroxyl groups excluding tert-OH is 9. The molecule has 2 fully saturated rings. The summed E-state index contributed by atoms with van der Waals surface area (Å²) in [5, 5.41) is 90.7. The van der Waals surface area contributed by atoms with Crippen molar-refractivity contribution >= 4 is 15.6 Å². The van der Waals surface area contributed by atoms with Crippen molar-refractivity contribution in [2.45, 2.75) is 105 Å². The fourth-order valence-electron chi connectivity index (χ4n) is 5.05. The summed E-state index contributed by atoms with van der Waals surface area (Å²) in [7, 11) is -7.38. The van der Waals surface area contributed by atoms with E-state index in [9.17, 15) is 64.9 Å². The van der Waals surface area contributed by atoms with E-state index in [4.69, 9.17) is 47.7 Å². The van der Waals surface area contributed by atoms with Crippen molar-refractivity contribution in [3.05, 3.63) is 0 Å². The smallest absolute Gasteiger partial charge is 0.394 e. The topological polar surface area (TPSA) is 375 Å². The van der Waals surface area contributed by atoms with E-state index < -0.39 is 141 Å². The minimum Gasteiger partial charge on any atom is -0.394 e. The van der Waals surface area contributed by atoms with Crippen LogP contribution in [0.4, 0.5) is 0 Å². The van der Waals surface area contributed by atoms with Crippen molar-refractivity contribution in [2.24, 2.45) is 5.73 Å². The van der Waals surface area contributed by atoms with Crippen LogP contribution in [-0.2, 0) is 55.6 Å². The molecule has 2 aliphatic rings. The van der Waals surface area contributed by atoms with Gasteiger partial charge in [-0.05, 0) is 25.8 Å². The lowest BCUT2D eigenvalue weighted by Crippen LogP contribution is -2.44. The summed E-state index contributed by atoms with van der Waals surface area (Å²) in [6.45, 7) is -4.49. The Balaban J connectivity index is 1.85. The zero-order chi connectivity index (χ0) is 39.9. The lowest BCUT2D eigenvalue weighted by Gasteiger charge is -2.27. The summed E-state index contributed by atoms with van der Waals surface area (Å²) < 4.78 is 75.7. The van der Waals surface area contributed by atoms with Gasteiger partial charge in [0.1, 0.15) is 73.2 Å². The van der Waals surface area contributed by atoms with Crippen LogP contribution in [0.15, 0.2) is 0 Å². The summed E-state index contributed by atoms with van der Waals surface area (Å²) in [5.74, 6) is 0. The number of phosphoric acid groups is 2. The minimum absolute atomic E-state index is 0.123. The predicted molar refractivity (Wildman–Crippen MR) is 172 cm³/mol. The van der Waals surface area contributed by atoms with Crippen molar-refractivity contribution < 1.29 is 111 Å². The number of nitrogens with two attached hydrogens (primary N) is 1. The Kier molecular flexibility index (Phi) is 21.8. The van der Waals surface area contributed by atoms with E-state index >= 15 is 0 Å². The van der Waals surface area contributed by atoms with Crippen molar-refractivity contribution in [1.29, 1.82) is 0 Å². The number of hydrogen-bond acceptors (Lipinski definition) is 22. The van der Waals surface area contributed by atoms with Gasteiger partial charge in [0.2, 0.25) is 0 Å². The van der Waals surface area contributed by atoms with Gasteiger partial charge in [0.05, 0.1) is 46.2 Å². The second-order valence-electron chi connectivity index (χ2n) is 12.0. The summed E-state index contributed by atoms with van der Waals surface area (Å²) >= 11 is 0. The standard InChI is InChI=1S/C27H55NO23P2/c1-42-24-22(37)18(8-29)49-26(24)44-10-14(31)21(36)17(34)13-48-53(40,41)51-23-19(9-30)50-27(25(23)43-2)45-11-15(32)20(35)16(33)12-47-52(38,39)46-7-5-3-4-6-28/h14-27,29-37H,3-13,28H2,1-2H3,(H,38,39)(H,40,41). The van der Waals surface area contributed by atoms with Crippen LogP contribution in [0.25, 0.3) is 0 Å². The largest absolute Gasteiger partial charge is 0.472 e. The third kappa shape index (κ3) is 15.5. The lowest BCUT2D eigenvalue weighted by molar-refractivity contribution is -0.198. The molecule has 16 unspecified atom stereocenters. The van der Waals surface area contributed by atoms with E-state index in [2.05, 4.69) is 4.52 Å². The molecule has 316 valence electrons. The summed E-state index contributed by atoms with van der Waals surface area (Å²) in [4.78, 5) is 20.1. The molecule has 13 N–H and O–H groups in total. The number of aliphatic hydroxyl groups is 9. The number of phosphoric ester groups is 2. The normalized spacial score (nSPS) is 32.1. The third-order valence-electron chi connectivity index (χ3n) is 8.08. The first-order valence-electron chi connectivity index (χ1n) is 16.5. The molecule has 26 heteroatoms. The molecule has 0 bridgehead atoms. The highest BCUT2D eigenvalue weighted by Crippen LogP contribution is 2.48. The van der Waals surface area contributed by atoms with Crippen LogP contribution < -0.4 is 5.73 Å². The molecule has 0 amide bonds. The first kappa shape index (κ1) is 48.7. The van der Waals surface area contributed by atoms with E-state index in [0.717, 1.165) is 7.11 Å². The van der Waals surface area contributed by atoms with Crippen LogP contribution in [0, 0.1) is 0 Å². The average molecular weight is 824 g/mol. The van der Waals surface area contributed by atoms with Crippen molar-refractivity contribution in [3.8, 4) is 0 Å². The van der Waals surface area contributed by atoms with Gasteiger partial charge in [-0.25, -0.2) is 9.13 Å². The lowest BCUT2D eigenvalue weighted by atomic mass is 10.1. The molecule has 0 aromatic carbocycles. The zero-order valence-electron chi connectivity index (χ0n) is 29.2.